The molecule has 1 heterocycles. The summed E-state index contributed by atoms with van der Waals surface area (Å²) < 4.78 is 0. The molecule has 0 radical (unpaired) electrons. The molecule has 0 unspecified atom stereocenters. The lowest BCUT2D eigenvalue weighted by atomic mass is 9.92. The van der Waals surface area contributed by atoms with E-state index in [0.29, 0.717) is 0 Å². The van der Waals surface area contributed by atoms with E-state index in [1.807, 2.05) is 13.1 Å². The van der Waals surface area contributed by atoms with E-state index in [9.17, 15) is 4.79 Å². The van der Waals surface area contributed by atoms with Gasteiger partial charge >= 0.3 is 0 Å². The van der Waals surface area contributed by atoms with Crippen molar-refractivity contribution >= 4 is 5.91 Å². The summed E-state index contributed by atoms with van der Waals surface area (Å²) in [5.41, 5.74) is 2.59. The maximum absolute atomic E-state index is 12.1. The number of amides is 1. The normalized spacial score (nSPS) is 20.2. The fourth-order valence-electron chi connectivity index (χ4n) is 2.70. The van der Waals surface area contributed by atoms with Crippen molar-refractivity contribution in [1.29, 1.82) is 0 Å². The van der Waals surface area contributed by atoms with Crippen molar-refractivity contribution in [3.8, 4) is 0 Å². The number of carbonyl (C=O) groups is 1. The first-order valence-electron chi connectivity index (χ1n) is 7.19. The average Bonchev–Trinajstić information content (AvgIpc) is 2.85. The Bertz CT molecular complexity index is 397. The Morgan fingerprint density at radius 1 is 1.61 bits per heavy atom. The summed E-state index contributed by atoms with van der Waals surface area (Å²) in [4.78, 5) is 15.4. The van der Waals surface area contributed by atoms with Gasteiger partial charge in [-0.3, -0.25) is 4.79 Å². The van der Waals surface area contributed by atoms with Crippen molar-refractivity contribution in [2.24, 2.45) is 5.92 Å². The highest BCUT2D eigenvalue weighted by molar-refractivity contribution is 5.78. The van der Waals surface area contributed by atoms with Crippen LogP contribution in [0.3, 0.4) is 0 Å². The first-order chi connectivity index (χ1) is 8.72. The third kappa shape index (κ3) is 2.95. The van der Waals surface area contributed by atoms with Gasteiger partial charge in [0.15, 0.2) is 0 Å². The lowest BCUT2D eigenvalue weighted by Gasteiger charge is -2.25. The third-order valence-electron chi connectivity index (χ3n) is 3.92. The van der Waals surface area contributed by atoms with Crippen LogP contribution in [0.5, 0.6) is 0 Å². The Morgan fingerprint density at radius 3 is 3.22 bits per heavy atom. The molecule has 2 N–H and O–H groups in total. The zero-order chi connectivity index (χ0) is 13.0. The number of rotatable bonds is 5. The van der Waals surface area contributed by atoms with Crippen LogP contribution in [-0.2, 0) is 11.2 Å². The molecule has 1 amide bonds. The van der Waals surface area contributed by atoms with Crippen molar-refractivity contribution in [3.63, 3.8) is 0 Å². The van der Waals surface area contributed by atoms with E-state index in [2.05, 4.69) is 23.3 Å². The molecular weight excluding hydrogens is 224 g/mol. The Balaban J connectivity index is 1.93. The molecule has 100 valence electrons. The SMILES string of the molecule is CCCC[C@H](C)C(=O)N[C@H]1CCCc2[nH]ccc21. The molecule has 0 saturated heterocycles. The number of hydrogen-bond donors (Lipinski definition) is 2. The molecule has 2 rings (SSSR count). The number of carbonyl (C=O) groups excluding carboxylic acids is 1. The molecule has 3 nitrogen and oxygen atoms in total. The lowest BCUT2D eigenvalue weighted by molar-refractivity contribution is -0.125. The van der Waals surface area contributed by atoms with Crippen LogP contribution in [-0.4, -0.2) is 10.9 Å². The molecule has 1 aliphatic rings. The summed E-state index contributed by atoms with van der Waals surface area (Å²) in [5.74, 6) is 0.344. The van der Waals surface area contributed by atoms with Crippen LogP contribution >= 0.6 is 0 Å². The van der Waals surface area contributed by atoms with Crippen molar-refractivity contribution in [2.75, 3.05) is 0 Å². The fraction of sp³-hybridized carbons (Fsp3) is 0.667. The van der Waals surface area contributed by atoms with Gasteiger partial charge < -0.3 is 10.3 Å². The minimum Gasteiger partial charge on any atom is -0.365 e. The maximum Gasteiger partial charge on any atom is 0.223 e. The van der Waals surface area contributed by atoms with E-state index in [-0.39, 0.29) is 17.9 Å². The van der Waals surface area contributed by atoms with Gasteiger partial charge in [-0.05, 0) is 37.3 Å². The third-order valence-corrected chi connectivity index (χ3v) is 3.92. The fourth-order valence-corrected chi connectivity index (χ4v) is 2.70. The summed E-state index contributed by atoms with van der Waals surface area (Å²) >= 11 is 0. The number of unbranched alkanes of at least 4 members (excludes halogenated alkanes) is 1. The van der Waals surface area contributed by atoms with Gasteiger partial charge in [0.1, 0.15) is 0 Å². The van der Waals surface area contributed by atoms with Crippen LogP contribution in [0.25, 0.3) is 0 Å². The Morgan fingerprint density at radius 2 is 2.44 bits per heavy atom. The number of aryl methyl sites for hydroxylation is 1. The van der Waals surface area contributed by atoms with Crippen molar-refractivity contribution in [1.82, 2.24) is 10.3 Å². The summed E-state index contributed by atoms with van der Waals surface area (Å²) in [6.45, 7) is 4.20. The molecule has 0 aromatic carbocycles. The molecule has 0 aliphatic heterocycles. The van der Waals surface area contributed by atoms with E-state index in [1.54, 1.807) is 0 Å². The number of H-pyrrole nitrogens is 1. The second-order valence-electron chi connectivity index (χ2n) is 5.41. The molecule has 3 heteroatoms. The molecular formula is C15H24N2O. The van der Waals surface area contributed by atoms with Gasteiger partial charge in [-0.25, -0.2) is 0 Å². The van der Waals surface area contributed by atoms with Crippen LogP contribution < -0.4 is 5.32 Å². The van der Waals surface area contributed by atoms with Crippen LogP contribution in [0.1, 0.15) is 63.3 Å². The van der Waals surface area contributed by atoms with Gasteiger partial charge in [-0.1, -0.05) is 26.7 Å². The molecule has 0 fully saturated rings. The van der Waals surface area contributed by atoms with E-state index < -0.39 is 0 Å². The zero-order valence-electron chi connectivity index (χ0n) is 11.5. The highest BCUT2D eigenvalue weighted by Crippen LogP contribution is 2.29. The first kappa shape index (κ1) is 13.2. The topological polar surface area (TPSA) is 44.9 Å². The van der Waals surface area contributed by atoms with E-state index >= 15 is 0 Å². The summed E-state index contributed by atoms with van der Waals surface area (Å²) in [5, 5.41) is 3.21. The van der Waals surface area contributed by atoms with Gasteiger partial charge in [0.2, 0.25) is 5.91 Å². The number of fused-ring (bicyclic) bond motifs is 1. The largest absolute Gasteiger partial charge is 0.365 e. The van der Waals surface area contributed by atoms with Crippen molar-refractivity contribution in [2.45, 2.75) is 58.4 Å². The quantitative estimate of drug-likeness (QED) is 0.824. The predicted molar refractivity (Wildman–Crippen MR) is 73.3 cm³/mol. The minimum absolute atomic E-state index is 0.134. The van der Waals surface area contributed by atoms with Crippen LogP contribution in [0, 0.1) is 5.92 Å². The smallest absolute Gasteiger partial charge is 0.223 e. The molecule has 1 aromatic heterocycles. The molecule has 0 spiro atoms. The number of hydrogen-bond acceptors (Lipinski definition) is 1. The van der Waals surface area contributed by atoms with Gasteiger partial charge in [0.25, 0.3) is 0 Å². The molecule has 1 aromatic rings. The molecule has 18 heavy (non-hydrogen) atoms. The summed E-state index contributed by atoms with van der Waals surface area (Å²) in [7, 11) is 0. The molecule has 2 atom stereocenters. The number of nitrogens with one attached hydrogen (secondary N) is 2. The van der Waals surface area contributed by atoms with E-state index in [4.69, 9.17) is 0 Å². The molecule has 1 aliphatic carbocycles. The van der Waals surface area contributed by atoms with Crippen molar-refractivity contribution < 1.29 is 4.79 Å². The van der Waals surface area contributed by atoms with E-state index in [1.165, 1.54) is 11.3 Å². The Kier molecular flexibility index (Phi) is 4.45. The van der Waals surface area contributed by atoms with Gasteiger partial charge in [-0.2, -0.15) is 0 Å². The summed E-state index contributed by atoms with van der Waals surface area (Å²) in [6, 6.07) is 2.33. The van der Waals surface area contributed by atoms with Gasteiger partial charge in [-0.15, -0.1) is 0 Å². The second kappa shape index (κ2) is 6.07. The van der Waals surface area contributed by atoms with Crippen molar-refractivity contribution in [3.05, 3.63) is 23.5 Å². The first-order valence-corrected chi connectivity index (χ1v) is 7.19. The second-order valence-corrected chi connectivity index (χ2v) is 5.41. The monoisotopic (exact) mass is 248 g/mol. The maximum atomic E-state index is 12.1. The average molecular weight is 248 g/mol. The number of aromatic nitrogens is 1. The van der Waals surface area contributed by atoms with E-state index in [0.717, 1.165) is 38.5 Å². The van der Waals surface area contributed by atoms with Gasteiger partial charge in [0.05, 0.1) is 6.04 Å². The molecule has 0 bridgehead atoms. The summed E-state index contributed by atoms with van der Waals surface area (Å²) in [6.07, 6.45) is 8.60. The van der Waals surface area contributed by atoms with Crippen LogP contribution in [0.4, 0.5) is 0 Å². The zero-order valence-corrected chi connectivity index (χ0v) is 11.5. The van der Waals surface area contributed by atoms with Crippen LogP contribution in [0.15, 0.2) is 12.3 Å². The highest BCUT2D eigenvalue weighted by Gasteiger charge is 2.24. The standard InChI is InChI=1S/C15H24N2O/c1-3-4-6-11(2)15(18)17-14-8-5-7-13-12(14)9-10-16-13/h9-11,14,16H,3-8H2,1-2H3,(H,17,18)/t11-,14-/m0/s1. The Hall–Kier alpha value is -1.25. The number of aromatic amines is 1. The predicted octanol–water partition coefficient (Wildman–Crippen LogP) is 3.33. The highest BCUT2D eigenvalue weighted by atomic mass is 16.1. The molecule has 0 saturated carbocycles. The minimum atomic E-state index is 0.134. The lowest BCUT2D eigenvalue weighted by Crippen LogP contribution is -2.34. The van der Waals surface area contributed by atoms with Crippen LogP contribution in [0.2, 0.25) is 0 Å². The van der Waals surface area contributed by atoms with Gasteiger partial charge in [0, 0.05) is 17.8 Å². The Labute approximate surface area is 109 Å².